The number of rotatable bonds is 8. The van der Waals surface area contributed by atoms with Crippen molar-refractivity contribution in [2.45, 2.75) is 38.1 Å². The third-order valence-corrected chi connectivity index (χ3v) is 6.35. The first-order chi connectivity index (χ1) is 12.8. The van der Waals surface area contributed by atoms with Crippen molar-refractivity contribution in [3.8, 4) is 0 Å². The Morgan fingerprint density at radius 1 is 1.33 bits per heavy atom. The van der Waals surface area contributed by atoms with E-state index in [2.05, 4.69) is 19.2 Å². The van der Waals surface area contributed by atoms with Crippen LogP contribution < -0.4 is 5.32 Å². The van der Waals surface area contributed by atoms with Gasteiger partial charge in [-0.1, -0.05) is 37.0 Å². The maximum atomic E-state index is 13.2. The van der Waals surface area contributed by atoms with E-state index in [1.165, 1.54) is 0 Å². The number of hydrogen-bond acceptors (Lipinski definition) is 4. The predicted molar refractivity (Wildman–Crippen MR) is 112 cm³/mol. The standard InChI is InChI=1S/C19H26Cl2N2O3S/c1-12(2)9-17-23(19(25)13-5-6-14(20)15(21)10-13)16(11-27-17)18(24)22-7-4-8-26-3/h5-6,10,12,16-17H,4,7-9,11H2,1-3H3,(H,22,24). The quantitative estimate of drug-likeness (QED) is 0.628. The van der Waals surface area contributed by atoms with Gasteiger partial charge >= 0.3 is 0 Å². The van der Waals surface area contributed by atoms with Crippen LogP contribution in [0.1, 0.15) is 37.0 Å². The molecule has 2 atom stereocenters. The van der Waals surface area contributed by atoms with Crippen LogP contribution in [0, 0.1) is 5.92 Å². The number of nitrogens with zero attached hydrogens (tertiary/aromatic N) is 1. The zero-order chi connectivity index (χ0) is 20.0. The zero-order valence-electron chi connectivity index (χ0n) is 15.8. The highest BCUT2D eigenvalue weighted by Crippen LogP contribution is 2.35. The van der Waals surface area contributed by atoms with E-state index in [-0.39, 0.29) is 17.2 Å². The van der Waals surface area contributed by atoms with Crippen LogP contribution in [0.2, 0.25) is 10.0 Å². The van der Waals surface area contributed by atoms with Gasteiger partial charge in [-0.25, -0.2) is 0 Å². The van der Waals surface area contributed by atoms with E-state index >= 15 is 0 Å². The number of thioether (sulfide) groups is 1. The molecule has 8 heteroatoms. The summed E-state index contributed by atoms with van der Waals surface area (Å²) in [4.78, 5) is 27.6. The minimum absolute atomic E-state index is 0.0401. The highest BCUT2D eigenvalue weighted by atomic mass is 35.5. The summed E-state index contributed by atoms with van der Waals surface area (Å²) in [6.07, 6.45) is 1.56. The number of benzene rings is 1. The van der Waals surface area contributed by atoms with Gasteiger partial charge in [0.15, 0.2) is 0 Å². The third kappa shape index (κ3) is 6.01. The van der Waals surface area contributed by atoms with Crippen molar-refractivity contribution in [1.82, 2.24) is 10.2 Å². The Labute approximate surface area is 175 Å². The molecule has 0 spiro atoms. The molecular formula is C19H26Cl2N2O3S. The Morgan fingerprint density at radius 2 is 2.07 bits per heavy atom. The molecule has 5 nitrogen and oxygen atoms in total. The molecule has 2 rings (SSSR count). The number of nitrogens with one attached hydrogen (secondary N) is 1. The number of halogens is 2. The molecule has 2 amide bonds. The first kappa shape index (κ1) is 22.3. The van der Waals surface area contributed by atoms with Crippen LogP contribution in [-0.2, 0) is 9.53 Å². The summed E-state index contributed by atoms with van der Waals surface area (Å²) < 4.78 is 5.00. The van der Waals surface area contributed by atoms with E-state index in [9.17, 15) is 9.59 Å². The van der Waals surface area contributed by atoms with Gasteiger partial charge in [-0.15, -0.1) is 11.8 Å². The molecule has 1 fully saturated rings. The fourth-order valence-corrected chi connectivity index (χ4v) is 4.89. The van der Waals surface area contributed by atoms with Crippen molar-refractivity contribution in [2.75, 3.05) is 26.0 Å². The van der Waals surface area contributed by atoms with E-state index < -0.39 is 6.04 Å². The van der Waals surface area contributed by atoms with E-state index in [4.69, 9.17) is 27.9 Å². The Bertz CT molecular complexity index is 672. The predicted octanol–water partition coefficient (Wildman–Crippen LogP) is 4.08. The number of carbonyl (C=O) groups excluding carboxylic acids is 2. The van der Waals surface area contributed by atoms with Gasteiger partial charge in [0.2, 0.25) is 5.91 Å². The summed E-state index contributed by atoms with van der Waals surface area (Å²) in [5.74, 6) is 0.676. The third-order valence-electron chi connectivity index (χ3n) is 4.29. The average molecular weight is 433 g/mol. The summed E-state index contributed by atoms with van der Waals surface area (Å²) in [7, 11) is 1.63. The minimum Gasteiger partial charge on any atom is -0.385 e. The van der Waals surface area contributed by atoms with Crippen LogP contribution in [0.25, 0.3) is 0 Å². The first-order valence-electron chi connectivity index (χ1n) is 9.01. The Morgan fingerprint density at radius 3 is 2.70 bits per heavy atom. The highest BCUT2D eigenvalue weighted by Gasteiger charge is 2.41. The molecule has 0 bridgehead atoms. The largest absolute Gasteiger partial charge is 0.385 e. The van der Waals surface area contributed by atoms with Gasteiger partial charge in [0, 0.05) is 31.6 Å². The van der Waals surface area contributed by atoms with Gasteiger partial charge in [0.25, 0.3) is 5.91 Å². The minimum atomic E-state index is -0.497. The molecule has 1 aliphatic heterocycles. The lowest BCUT2D eigenvalue weighted by Gasteiger charge is -2.30. The topological polar surface area (TPSA) is 58.6 Å². The second-order valence-corrected chi connectivity index (χ2v) is 8.94. The normalized spacial score (nSPS) is 19.6. The second kappa shape index (κ2) is 10.6. The summed E-state index contributed by atoms with van der Waals surface area (Å²) >= 11 is 13.7. The smallest absolute Gasteiger partial charge is 0.255 e. The molecule has 1 aromatic carbocycles. The lowest BCUT2D eigenvalue weighted by molar-refractivity contribution is -0.124. The number of carbonyl (C=O) groups is 2. The van der Waals surface area contributed by atoms with Crippen molar-refractivity contribution >= 4 is 46.8 Å². The number of amides is 2. The lowest BCUT2D eigenvalue weighted by Crippen LogP contribution is -2.50. The summed E-state index contributed by atoms with van der Waals surface area (Å²) in [5.41, 5.74) is 0.442. The Kier molecular flexibility index (Phi) is 8.73. The second-order valence-electron chi connectivity index (χ2n) is 6.91. The molecular weight excluding hydrogens is 407 g/mol. The average Bonchev–Trinajstić information content (AvgIpc) is 3.03. The monoisotopic (exact) mass is 432 g/mol. The maximum Gasteiger partial charge on any atom is 0.255 e. The van der Waals surface area contributed by atoms with Crippen molar-refractivity contribution in [2.24, 2.45) is 5.92 Å². The molecule has 1 aromatic rings. The van der Waals surface area contributed by atoms with Crippen molar-refractivity contribution < 1.29 is 14.3 Å². The molecule has 0 saturated carbocycles. The zero-order valence-corrected chi connectivity index (χ0v) is 18.2. The van der Waals surface area contributed by atoms with Crippen molar-refractivity contribution in [3.63, 3.8) is 0 Å². The molecule has 1 N–H and O–H groups in total. The van der Waals surface area contributed by atoms with Gasteiger partial charge < -0.3 is 15.0 Å². The van der Waals surface area contributed by atoms with E-state index in [1.807, 2.05) is 0 Å². The molecule has 150 valence electrons. The van der Waals surface area contributed by atoms with E-state index in [0.717, 1.165) is 12.8 Å². The summed E-state index contributed by atoms with van der Waals surface area (Å²) in [6.45, 7) is 5.33. The van der Waals surface area contributed by atoms with Crippen LogP contribution in [0.15, 0.2) is 18.2 Å². The van der Waals surface area contributed by atoms with Gasteiger partial charge in [-0.2, -0.15) is 0 Å². The molecule has 27 heavy (non-hydrogen) atoms. The highest BCUT2D eigenvalue weighted by molar-refractivity contribution is 8.00. The van der Waals surface area contributed by atoms with Gasteiger partial charge in [0.1, 0.15) is 6.04 Å². The molecule has 1 heterocycles. The Hall–Kier alpha value is -0.950. The van der Waals surface area contributed by atoms with Crippen LogP contribution in [0.3, 0.4) is 0 Å². The first-order valence-corrected chi connectivity index (χ1v) is 10.8. The van der Waals surface area contributed by atoms with Crippen molar-refractivity contribution in [3.05, 3.63) is 33.8 Å². The maximum absolute atomic E-state index is 13.2. The number of hydrogen-bond donors (Lipinski definition) is 1. The van der Waals surface area contributed by atoms with Gasteiger partial charge in [-0.3, -0.25) is 9.59 Å². The number of ether oxygens (including phenoxy) is 1. The number of methoxy groups -OCH3 is 1. The molecule has 0 radical (unpaired) electrons. The summed E-state index contributed by atoms with van der Waals surface area (Å²) in [6, 6.07) is 4.33. The van der Waals surface area contributed by atoms with Crippen LogP contribution in [-0.4, -0.2) is 54.1 Å². The van der Waals surface area contributed by atoms with Crippen molar-refractivity contribution in [1.29, 1.82) is 0 Å². The fourth-order valence-electron chi connectivity index (χ4n) is 2.95. The molecule has 1 aliphatic rings. The van der Waals surface area contributed by atoms with Gasteiger partial charge in [0.05, 0.1) is 15.4 Å². The molecule has 0 aliphatic carbocycles. The van der Waals surface area contributed by atoms with Crippen LogP contribution in [0.5, 0.6) is 0 Å². The SMILES string of the molecule is COCCCNC(=O)C1CSC(CC(C)C)N1C(=O)c1ccc(Cl)c(Cl)c1. The van der Waals surface area contributed by atoms with Gasteiger partial charge in [-0.05, 0) is 37.0 Å². The van der Waals surface area contributed by atoms with Crippen LogP contribution >= 0.6 is 35.0 Å². The molecule has 2 unspecified atom stereocenters. The lowest BCUT2D eigenvalue weighted by atomic mass is 10.1. The Balaban J connectivity index is 2.19. The summed E-state index contributed by atoms with van der Waals surface area (Å²) in [5, 5.41) is 3.60. The van der Waals surface area contributed by atoms with E-state index in [0.29, 0.717) is 40.4 Å². The van der Waals surface area contributed by atoms with Crippen LogP contribution in [0.4, 0.5) is 0 Å². The molecule has 1 saturated heterocycles. The van der Waals surface area contributed by atoms with E-state index in [1.54, 1.807) is 42.0 Å². The fraction of sp³-hybridized carbons (Fsp3) is 0.579. The molecule has 0 aromatic heterocycles.